The van der Waals surface area contributed by atoms with Crippen molar-refractivity contribution in [2.75, 3.05) is 5.32 Å². The van der Waals surface area contributed by atoms with Gasteiger partial charge in [0.25, 0.3) is 0 Å². The molecule has 3 aromatic rings. The first kappa shape index (κ1) is 14.9. The highest BCUT2D eigenvalue weighted by molar-refractivity contribution is 5.78. The zero-order valence-electron chi connectivity index (χ0n) is 13.4. The van der Waals surface area contributed by atoms with Gasteiger partial charge in [-0.05, 0) is 43.2 Å². The first-order valence-electron chi connectivity index (χ1n) is 8.48. The van der Waals surface area contributed by atoms with Crippen LogP contribution in [0, 0.1) is 0 Å². The van der Waals surface area contributed by atoms with Gasteiger partial charge in [-0.2, -0.15) is 0 Å². The Balaban J connectivity index is 1.81. The summed E-state index contributed by atoms with van der Waals surface area (Å²) in [6.07, 6.45) is 8.15. The van der Waals surface area contributed by atoms with Gasteiger partial charge in [-0.1, -0.05) is 25.3 Å². The summed E-state index contributed by atoms with van der Waals surface area (Å²) in [5.74, 6) is 0.695. The van der Waals surface area contributed by atoms with Gasteiger partial charge in [0.05, 0.1) is 0 Å². The number of nitrogens with zero attached hydrogens (tertiary/aromatic N) is 2. The lowest BCUT2D eigenvalue weighted by molar-refractivity contribution is 0.404. The lowest BCUT2D eigenvalue weighted by Crippen LogP contribution is -2.23. The molecule has 24 heavy (non-hydrogen) atoms. The highest BCUT2D eigenvalue weighted by Gasteiger charge is 2.20. The van der Waals surface area contributed by atoms with E-state index in [1.165, 1.54) is 38.2 Å². The van der Waals surface area contributed by atoms with Gasteiger partial charge in [0, 0.05) is 17.8 Å². The van der Waals surface area contributed by atoms with Crippen LogP contribution < -0.4 is 5.32 Å². The van der Waals surface area contributed by atoms with Gasteiger partial charge >= 0.3 is 0 Å². The molecule has 5 heteroatoms. The quantitative estimate of drug-likeness (QED) is 0.633. The van der Waals surface area contributed by atoms with E-state index < -0.39 is 0 Å². The number of anilines is 1. The molecule has 0 aliphatic heterocycles. The number of rotatable bonds is 3. The SMILES string of the molecule is Oc1ccc(-c2nc3ccccn3c2NC2CCCCC2)cc1O. The van der Waals surface area contributed by atoms with Crippen LogP contribution in [0.3, 0.4) is 0 Å². The van der Waals surface area contributed by atoms with Crippen molar-refractivity contribution < 1.29 is 10.2 Å². The average Bonchev–Trinajstić information content (AvgIpc) is 2.97. The Kier molecular flexibility index (Phi) is 3.76. The highest BCUT2D eigenvalue weighted by Crippen LogP contribution is 2.35. The van der Waals surface area contributed by atoms with Crippen LogP contribution in [0.25, 0.3) is 16.9 Å². The number of imidazole rings is 1. The van der Waals surface area contributed by atoms with Crippen molar-refractivity contribution in [2.24, 2.45) is 0 Å². The van der Waals surface area contributed by atoms with Crippen LogP contribution >= 0.6 is 0 Å². The fourth-order valence-corrected chi connectivity index (χ4v) is 3.45. The second kappa shape index (κ2) is 6.07. The molecule has 124 valence electrons. The molecule has 1 saturated carbocycles. The maximum absolute atomic E-state index is 9.84. The normalized spacial score (nSPS) is 15.7. The molecule has 2 heterocycles. The number of hydrogen-bond acceptors (Lipinski definition) is 4. The minimum atomic E-state index is -0.131. The van der Waals surface area contributed by atoms with Crippen molar-refractivity contribution in [1.29, 1.82) is 0 Å². The standard InChI is InChI=1S/C19H21N3O2/c23-15-10-9-13(12-16(15)24)18-19(20-14-6-2-1-3-7-14)22-11-5-4-8-17(22)21-18/h4-5,8-12,14,20,23-24H,1-3,6-7H2. The number of hydrogen-bond donors (Lipinski definition) is 3. The van der Waals surface area contributed by atoms with Crippen LogP contribution in [-0.4, -0.2) is 25.6 Å². The van der Waals surface area contributed by atoms with Crippen LogP contribution in [0.4, 0.5) is 5.82 Å². The Morgan fingerprint density at radius 1 is 1.00 bits per heavy atom. The number of benzene rings is 1. The first-order valence-corrected chi connectivity index (χ1v) is 8.48. The summed E-state index contributed by atoms with van der Waals surface area (Å²) in [6.45, 7) is 0. The van der Waals surface area contributed by atoms with Crippen molar-refractivity contribution in [3.05, 3.63) is 42.6 Å². The first-order chi connectivity index (χ1) is 11.7. The molecule has 0 amide bonds. The van der Waals surface area contributed by atoms with Crippen molar-refractivity contribution in [3.8, 4) is 22.8 Å². The predicted octanol–water partition coefficient (Wildman–Crippen LogP) is 4.16. The fourth-order valence-electron chi connectivity index (χ4n) is 3.45. The molecule has 0 radical (unpaired) electrons. The molecular weight excluding hydrogens is 302 g/mol. The van der Waals surface area contributed by atoms with Crippen molar-refractivity contribution >= 4 is 11.5 Å². The van der Waals surface area contributed by atoms with E-state index in [1.54, 1.807) is 12.1 Å². The van der Waals surface area contributed by atoms with E-state index in [2.05, 4.69) is 5.32 Å². The van der Waals surface area contributed by atoms with Gasteiger partial charge in [-0.3, -0.25) is 4.40 Å². The van der Waals surface area contributed by atoms with Crippen LogP contribution in [0.2, 0.25) is 0 Å². The number of fused-ring (bicyclic) bond motifs is 1. The summed E-state index contributed by atoms with van der Waals surface area (Å²) < 4.78 is 2.05. The van der Waals surface area contributed by atoms with Crippen molar-refractivity contribution in [3.63, 3.8) is 0 Å². The molecule has 2 aromatic heterocycles. The smallest absolute Gasteiger partial charge is 0.158 e. The third kappa shape index (κ3) is 2.66. The Bertz CT molecular complexity index is 866. The van der Waals surface area contributed by atoms with E-state index >= 15 is 0 Å². The van der Waals surface area contributed by atoms with Crippen LogP contribution in [0.5, 0.6) is 11.5 Å². The average molecular weight is 323 g/mol. The van der Waals surface area contributed by atoms with Crippen molar-refractivity contribution in [2.45, 2.75) is 38.1 Å². The fraction of sp³-hybridized carbons (Fsp3) is 0.316. The maximum atomic E-state index is 9.84. The molecule has 1 aromatic carbocycles. The van der Waals surface area contributed by atoms with Gasteiger partial charge in [0.1, 0.15) is 17.2 Å². The summed E-state index contributed by atoms with van der Waals surface area (Å²) in [5, 5.41) is 23.1. The van der Waals surface area contributed by atoms with E-state index in [1.807, 2.05) is 28.8 Å². The van der Waals surface area contributed by atoms with Gasteiger partial charge in [-0.25, -0.2) is 4.98 Å². The number of pyridine rings is 1. The van der Waals surface area contributed by atoms with Crippen LogP contribution in [0.1, 0.15) is 32.1 Å². The minimum absolute atomic E-state index is 0.121. The summed E-state index contributed by atoms with van der Waals surface area (Å²) in [7, 11) is 0. The van der Waals surface area contributed by atoms with E-state index in [-0.39, 0.29) is 11.5 Å². The summed E-state index contributed by atoms with van der Waals surface area (Å²) in [4.78, 5) is 4.73. The van der Waals surface area contributed by atoms with E-state index in [4.69, 9.17) is 4.98 Å². The Morgan fingerprint density at radius 3 is 2.62 bits per heavy atom. The molecule has 0 atom stereocenters. The molecule has 0 bridgehead atoms. The Labute approximate surface area is 140 Å². The van der Waals surface area contributed by atoms with E-state index in [0.717, 1.165) is 22.7 Å². The predicted molar refractivity (Wildman–Crippen MR) is 94.5 cm³/mol. The summed E-state index contributed by atoms with van der Waals surface area (Å²) in [5.41, 5.74) is 2.44. The van der Waals surface area contributed by atoms with Crippen LogP contribution in [0.15, 0.2) is 42.6 Å². The molecule has 1 aliphatic rings. The van der Waals surface area contributed by atoms with Gasteiger partial charge < -0.3 is 15.5 Å². The number of aromatic hydroxyl groups is 2. The second-order valence-electron chi connectivity index (χ2n) is 6.42. The second-order valence-corrected chi connectivity index (χ2v) is 6.42. The lowest BCUT2D eigenvalue weighted by Gasteiger charge is -2.24. The van der Waals surface area contributed by atoms with Gasteiger partial charge in [0.2, 0.25) is 0 Å². The largest absolute Gasteiger partial charge is 0.504 e. The number of phenolic OH excluding ortho intramolecular Hbond substituents is 2. The van der Waals surface area contributed by atoms with E-state index in [9.17, 15) is 10.2 Å². The van der Waals surface area contributed by atoms with Crippen LogP contribution in [-0.2, 0) is 0 Å². The van der Waals surface area contributed by atoms with Gasteiger partial charge in [-0.15, -0.1) is 0 Å². The zero-order chi connectivity index (χ0) is 16.5. The molecule has 0 unspecified atom stereocenters. The maximum Gasteiger partial charge on any atom is 0.158 e. The third-order valence-corrected chi connectivity index (χ3v) is 4.72. The highest BCUT2D eigenvalue weighted by atomic mass is 16.3. The van der Waals surface area contributed by atoms with Crippen molar-refractivity contribution in [1.82, 2.24) is 9.38 Å². The molecular formula is C19H21N3O2. The third-order valence-electron chi connectivity index (χ3n) is 4.72. The summed E-state index contributed by atoms with van der Waals surface area (Å²) in [6, 6.07) is 11.2. The minimum Gasteiger partial charge on any atom is -0.504 e. The number of nitrogens with one attached hydrogen (secondary N) is 1. The molecule has 5 nitrogen and oxygen atoms in total. The summed E-state index contributed by atoms with van der Waals surface area (Å²) >= 11 is 0. The number of phenols is 2. The topological polar surface area (TPSA) is 69.8 Å². The molecule has 4 rings (SSSR count). The Morgan fingerprint density at radius 2 is 1.83 bits per heavy atom. The molecule has 3 N–H and O–H groups in total. The number of aromatic nitrogens is 2. The van der Waals surface area contributed by atoms with E-state index in [0.29, 0.717) is 6.04 Å². The molecule has 0 saturated heterocycles. The lowest BCUT2D eigenvalue weighted by atomic mass is 9.95. The molecule has 1 fully saturated rings. The van der Waals surface area contributed by atoms with Gasteiger partial charge in [0.15, 0.2) is 11.5 Å². The monoisotopic (exact) mass is 323 g/mol. The molecule has 1 aliphatic carbocycles. The zero-order valence-corrected chi connectivity index (χ0v) is 13.4. The Hall–Kier alpha value is -2.69. The molecule has 0 spiro atoms.